The van der Waals surface area contributed by atoms with E-state index in [1.54, 1.807) is 11.8 Å². The van der Waals surface area contributed by atoms with Gasteiger partial charge in [-0.3, -0.25) is 4.79 Å². The van der Waals surface area contributed by atoms with Crippen molar-refractivity contribution in [3.63, 3.8) is 0 Å². The van der Waals surface area contributed by atoms with Gasteiger partial charge in [-0.15, -0.1) is 0 Å². The average Bonchev–Trinajstić information content (AvgIpc) is 2.20. The van der Waals surface area contributed by atoms with E-state index in [0.29, 0.717) is 0 Å². The van der Waals surface area contributed by atoms with Crippen molar-refractivity contribution in [3.8, 4) is 0 Å². The first-order valence-corrected chi connectivity index (χ1v) is 6.03. The van der Waals surface area contributed by atoms with Crippen LogP contribution in [0.2, 0.25) is 0 Å². The molecule has 1 heterocycles. The summed E-state index contributed by atoms with van der Waals surface area (Å²) in [5, 5.41) is 0. The second-order valence-electron chi connectivity index (χ2n) is 4.82. The quantitative estimate of drug-likeness (QED) is 0.706. The van der Waals surface area contributed by atoms with Gasteiger partial charge in [0.1, 0.15) is 0 Å². The van der Waals surface area contributed by atoms with Crippen LogP contribution in [0.5, 0.6) is 0 Å². The van der Waals surface area contributed by atoms with Crippen LogP contribution >= 0.6 is 0 Å². The fourth-order valence-electron chi connectivity index (χ4n) is 1.97. The SMILES string of the molecule is CC(=O)N(C)CCCN1CCC(C)CC1. The molecule has 88 valence electrons. The van der Waals surface area contributed by atoms with Crippen molar-refractivity contribution < 1.29 is 4.79 Å². The summed E-state index contributed by atoms with van der Waals surface area (Å²) >= 11 is 0. The van der Waals surface area contributed by atoms with Crippen molar-refractivity contribution in [1.82, 2.24) is 9.80 Å². The number of nitrogens with zero attached hydrogens (tertiary/aromatic N) is 2. The molecule has 0 N–H and O–H groups in total. The van der Waals surface area contributed by atoms with Gasteiger partial charge in [-0.2, -0.15) is 0 Å². The smallest absolute Gasteiger partial charge is 0.219 e. The van der Waals surface area contributed by atoms with Crippen LogP contribution in [0, 0.1) is 5.92 Å². The zero-order valence-corrected chi connectivity index (χ0v) is 10.3. The third kappa shape index (κ3) is 4.65. The molecule has 15 heavy (non-hydrogen) atoms. The van der Waals surface area contributed by atoms with Crippen LogP contribution in [0.1, 0.15) is 33.1 Å². The Bertz CT molecular complexity index is 198. The lowest BCUT2D eigenvalue weighted by atomic mass is 9.99. The van der Waals surface area contributed by atoms with Gasteiger partial charge in [0.05, 0.1) is 0 Å². The van der Waals surface area contributed by atoms with Gasteiger partial charge in [0.15, 0.2) is 0 Å². The molecule has 0 aliphatic carbocycles. The molecule has 1 saturated heterocycles. The van der Waals surface area contributed by atoms with Gasteiger partial charge >= 0.3 is 0 Å². The molecule has 0 bridgehead atoms. The maximum atomic E-state index is 11.0. The predicted molar refractivity (Wildman–Crippen MR) is 62.8 cm³/mol. The number of carbonyl (C=O) groups excluding carboxylic acids is 1. The first-order valence-electron chi connectivity index (χ1n) is 6.03. The Morgan fingerprint density at radius 1 is 1.40 bits per heavy atom. The highest BCUT2D eigenvalue weighted by Gasteiger charge is 2.15. The Labute approximate surface area is 93.4 Å². The summed E-state index contributed by atoms with van der Waals surface area (Å²) in [7, 11) is 1.88. The Hall–Kier alpha value is -0.570. The van der Waals surface area contributed by atoms with Gasteiger partial charge in [-0.1, -0.05) is 6.92 Å². The average molecular weight is 212 g/mol. The molecule has 1 aliphatic rings. The van der Waals surface area contributed by atoms with E-state index >= 15 is 0 Å². The predicted octanol–water partition coefficient (Wildman–Crippen LogP) is 1.59. The van der Waals surface area contributed by atoms with Crippen molar-refractivity contribution in [2.75, 3.05) is 33.2 Å². The van der Waals surface area contributed by atoms with E-state index < -0.39 is 0 Å². The molecular formula is C12H24N2O. The zero-order chi connectivity index (χ0) is 11.3. The summed E-state index contributed by atoms with van der Waals surface area (Å²) in [6.45, 7) is 8.48. The third-order valence-electron chi connectivity index (χ3n) is 3.38. The minimum atomic E-state index is 0.169. The monoisotopic (exact) mass is 212 g/mol. The summed E-state index contributed by atoms with van der Waals surface area (Å²) in [5.41, 5.74) is 0. The van der Waals surface area contributed by atoms with Crippen molar-refractivity contribution in [1.29, 1.82) is 0 Å². The normalized spacial score (nSPS) is 19.1. The largest absolute Gasteiger partial charge is 0.346 e. The lowest BCUT2D eigenvalue weighted by Gasteiger charge is -2.30. The second-order valence-corrected chi connectivity index (χ2v) is 4.82. The minimum absolute atomic E-state index is 0.169. The molecule has 1 fully saturated rings. The van der Waals surface area contributed by atoms with Gasteiger partial charge in [-0.25, -0.2) is 0 Å². The number of amides is 1. The van der Waals surface area contributed by atoms with E-state index in [2.05, 4.69) is 11.8 Å². The molecule has 1 rings (SSSR count). The first kappa shape index (κ1) is 12.5. The maximum Gasteiger partial charge on any atom is 0.219 e. The molecule has 1 amide bonds. The summed E-state index contributed by atoms with van der Waals surface area (Å²) < 4.78 is 0. The molecule has 1 aliphatic heterocycles. The van der Waals surface area contributed by atoms with Crippen molar-refractivity contribution in [3.05, 3.63) is 0 Å². The van der Waals surface area contributed by atoms with E-state index in [0.717, 1.165) is 25.4 Å². The molecule has 0 aromatic carbocycles. The zero-order valence-electron chi connectivity index (χ0n) is 10.3. The van der Waals surface area contributed by atoms with Gasteiger partial charge in [0.2, 0.25) is 5.91 Å². The summed E-state index contributed by atoms with van der Waals surface area (Å²) in [5.74, 6) is 1.07. The van der Waals surface area contributed by atoms with Crippen LogP contribution < -0.4 is 0 Å². The number of hydrogen-bond acceptors (Lipinski definition) is 2. The van der Waals surface area contributed by atoms with E-state index in [1.165, 1.54) is 25.9 Å². The third-order valence-corrected chi connectivity index (χ3v) is 3.38. The van der Waals surface area contributed by atoms with E-state index in [4.69, 9.17) is 0 Å². The summed E-state index contributed by atoms with van der Waals surface area (Å²) in [6, 6.07) is 0. The number of piperidine rings is 1. The minimum Gasteiger partial charge on any atom is -0.346 e. The van der Waals surface area contributed by atoms with E-state index in [1.807, 2.05) is 7.05 Å². The molecule has 0 spiro atoms. The highest BCUT2D eigenvalue weighted by molar-refractivity contribution is 5.72. The van der Waals surface area contributed by atoms with Crippen molar-refractivity contribution >= 4 is 5.91 Å². The van der Waals surface area contributed by atoms with Crippen molar-refractivity contribution in [2.24, 2.45) is 5.92 Å². The van der Waals surface area contributed by atoms with Crippen LogP contribution in [0.3, 0.4) is 0 Å². The topological polar surface area (TPSA) is 23.6 Å². The molecular weight excluding hydrogens is 188 g/mol. The Morgan fingerprint density at radius 2 is 2.00 bits per heavy atom. The standard InChI is InChI=1S/C12H24N2O/c1-11-5-9-14(10-6-11)8-4-7-13(3)12(2)15/h11H,4-10H2,1-3H3. The van der Waals surface area contributed by atoms with Gasteiger partial charge in [0, 0.05) is 20.5 Å². The van der Waals surface area contributed by atoms with Crippen molar-refractivity contribution in [2.45, 2.75) is 33.1 Å². The molecule has 0 aromatic rings. The highest BCUT2D eigenvalue weighted by atomic mass is 16.2. The highest BCUT2D eigenvalue weighted by Crippen LogP contribution is 2.15. The maximum absolute atomic E-state index is 11.0. The Balaban J connectivity index is 2.07. The van der Waals surface area contributed by atoms with Crippen LogP contribution in [0.15, 0.2) is 0 Å². The lowest BCUT2D eigenvalue weighted by molar-refractivity contribution is -0.127. The van der Waals surface area contributed by atoms with Crippen LogP contribution in [-0.4, -0.2) is 48.9 Å². The number of likely N-dealkylation sites (tertiary alicyclic amines) is 1. The number of rotatable bonds is 4. The molecule has 3 heteroatoms. The number of hydrogen-bond donors (Lipinski definition) is 0. The van der Waals surface area contributed by atoms with Gasteiger partial charge < -0.3 is 9.80 Å². The Morgan fingerprint density at radius 3 is 2.53 bits per heavy atom. The van der Waals surface area contributed by atoms with E-state index in [-0.39, 0.29) is 5.91 Å². The molecule has 0 radical (unpaired) electrons. The Kier molecular flexibility index (Phi) is 5.09. The summed E-state index contributed by atoms with van der Waals surface area (Å²) in [4.78, 5) is 15.3. The molecule has 0 saturated carbocycles. The molecule has 0 atom stereocenters. The fraction of sp³-hybridized carbons (Fsp3) is 0.917. The molecule has 0 unspecified atom stereocenters. The van der Waals surface area contributed by atoms with Crippen LogP contribution in [0.4, 0.5) is 0 Å². The lowest BCUT2D eigenvalue weighted by Crippen LogP contribution is -2.35. The van der Waals surface area contributed by atoms with Gasteiger partial charge in [-0.05, 0) is 44.8 Å². The number of carbonyl (C=O) groups is 1. The fourth-order valence-corrected chi connectivity index (χ4v) is 1.97. The second kappa shape index (κ2) is 6.11. The molecule has 0 aromatic heterocycles. The van der Waals surface area contributed by atoms with Crippen LogP contribution in [-0.2, 0) is 4.79 Å². The first-order chi connectivity index (χ1) is 7.09. The molecule has 3 nitrogen and oxygen atoms in total. The summed E-state index contributed by atoms with van der Waals surface area (Å²) in [6.07, 6.45) is 3.77. The van der Waals surface area contributed by atoms with Gasteiger partial charge in [0.25, 0.3) is 0 Å². The van der Waals surface area contributed by atoms with Crippen LogP contribution in [0.25, 0.3) is 0 Å². The van der Waals surface area contributed by atoms with E-state index in [9.17, 15) is 4.79 Å².